The normalized spacial score (nSPS) is 13.8. The molecule has 210 valence electrons. The molecule has 2 aromatic heterocycles. The van der Waals surface area contributed by atoms with E-state index < -0.39 is 17.2 Å². The highest BCUT2D eigenvalue weighted by Crippen LogP contribution is 2.30. The number of aromatic nitrogens is 4. The van der Waals surface area contributed by atoms with E-state index in [0.717, 1.165) is 28.5 Å². The molecule has 0 aliphatic heterocycles. The molecule has 1 unspecified atom stereocenters. The molecule has 10 nitrogen and oxygen atoms in total. The van der Waals surface area contributed by atoms with Gasteiger partial charge in [-0.25, -0.2) is 14.0 Å². The van der Waals surface area contributed by atoms with Crippen LogP contribution in [0.15, 0.2) is 70.5 Å². The molecule has 41 heavy (non-hydrogen) atoms. The minimum absolute atomic E-state index is 0.00846. The first-order valence-corrected chi connectivity index (χ1v) is 13.3. The molecule has 0 saturated heterocycles. The SMILES string of the molecule is CC(/C=C/c1ccc(CNC(=O)C2CC2)c(-n2ccc(N)nc2=O)c1)c1cc(Cl)c(F)c(-n2ccc(N)nc2=O)c1. The van der Waals surface area contributed by atoms with Crippen molar-refractivity contribution in [2.45, 2.75) is 32.2 Å². The number of amides is 1. The van der Waals surface area contributed by atoms with E-state index in [1.807, 2.05) is 37.3 Å². The minimum atomic E-state index is -0.753. The number of rotatable bonds is 8. The molecule has 5 N–H and O–H groups in total. The number of nitrogens with zero attached hydrogens (tertiary/aromatic N) is 4. The summed E-state index contributed by atoms with van der Waals surface area (Å²) in [4.78, 5) is 44.7. The summed E-state index contributed by atoms with van der Waals surface area (Å²) >= 11 is 6.18. The van der Waals surface area contributed by atoms with E-state index in [1.165, 1.54) is 35.0 Å². The first kappa shape index (κ1) is 27.8. The van der Waals surface area contributed by atoms with Gasteiger partial charge < -0.3 is 16.8 Å². The van der Waals surface area contributed by atoms with Crippen LogP contribution in [0.1, 0.15) is 42.4 Å². The smallest absolute Gasteiger partial charge is 0.354 e. The van der Waals surface area contributed by atoms with Crippen molar-refractivity contribution in [3.05, 3.63) is 109 Å². The van der Waals surface area contributed by atoms with Crippen LogP contribution in [0.25, 0.3) is 17.5 Å². The Hall–Kier alpha value is -4.77. The highest BCUT2D eigenvalue weighted by molar-refractivity contribution is 6.31. The molecule has 1 aliphatic carbocycles. The Morgan fingerprint density at radius 3 is 2.29 bits per heavy atom. The van der Waals surface area contributed by atoms with Gasteiger partial charge in [-0.2, -0.15) is 9.97 Å². The zero-order chi connectivity index (χ0) is 29.3. The topological polar surface area (TPSA) is 151 Å². The van der Waals surface area contributed by atoms with Crippen LogP contribution in [-0.4, -0.2) is 25.0 Å². The number of hydrogen-bond acceptors (Lipinski definition) is 7. The second-order valence-electron chi connectivity index (χ2n) is 9.87. The molecule has 1 atom stereocenters. The number of hydrogen-bond donors (Lipinski definition) is 3. The first-order valence-electron chi connectivity index (χ1n) is 12.9. The molecule has 4 aromatic rings. The lowest BCUT2D eigenvalue weighted by Gasteiger charge is -2.15. The Bertz CT molecular complexity index is 1800. The van der Waals surface area contributed by atoms with Crippen LogP contribution in [0, 0.1) is 11.7 Å². The van der Waals surface area contributed by atoms with Gasteiger partial charge in [0.2, 0.25) is 5.91 Å². The number of allylic oxidation sites excluding steroid dienone is 1. The molecule has 12 heteroatoms. The van der Waals surface area contributed by atoms with Crippen molar-refractivity contribution in [1.29, 1.82) is 0 Å². The van der Waals surface area contributed by atoms with Gasteiger partial charge in [0.05, 0.1) is 16.4 Å². The highest BCUT2D eigenvalue weighted by atomic mass is 35.5. The first-order chi connectivity index (χ1) is 19.6. The summed E-state index contributed by atoms with van der Waals surface area (Å²) in [6, 6.07) is 11.5. The fourth-order valence-electron chi connectivity index (χ4n) is 4.33. The third-order valence-electron chi connectivity index (χ3n) is 6.81. The molecular formula is C29H27ClFN7O3. The molecule has 2 aromatic carbocycles. The third kappa shape index (κ3) is 6.20. The van der Waals surface area contributed by atoms with Crippen molar-refractivity contribution in [3.63, 3.8) is 0 Å². The predicted molar refractivity (Wildman–Crippen MR) is 155 cm³/mol. The Morgan fingerprint density at radius 1 is 1.05 bits per heavy atom. The summed E-state index contributed by atoms with van der Waals surface area (Å²) in [5.74, 6) is -0.820. The second kappa shape index (κ2) is 11.4. The largest absolute Gasteiger partial charge is 0.383 e. The van der Waals surface area contributed by atoms with Crippen molar-refractivity contribution in [2.24, 2.45) is 5.92 Å². The van der Waals surface area contributed by atoms with Crippen LogP contribution in [0.4, 0.5) is 16.0 Å². The summed E-state index contributed by atoms with van der Waals surface area (Å²) in [7, 11) is 0. The maximum atomic E-state index is 14.9. The number of carbonyl (C=O) groups is 1. The van der Waals surface area contributed by atoms with Crippen molar-refractivity contribution in [2.75, 3.05) is 11.5 Å². The van der Waals surface area contributed by atoms with Gasteiger partial charge in [-0.05, 0) is 65.8 Å². The van der Waals surface area contributed by atoms with Gasteiger partial charge in [-0.1, -0.05) is 42.8 Å². The quantitative estimate of drug-likeness (QED) is 0.290. The lowest BCUT2D eigenvalue weighted by atomic mass is 9.98. The maximum absolute atomic E-state index is 14.9. The van der Waals surface area contributed by atoms with Crippen LogP contribution in [0.2, 0.25) is 5.02 Å². The maximum Gasteiger partial charge on any atom is 0.354 e. The molecule has 1 aliphatic rings. The number of carbonyl (C=O) groups excluding carboxylic acids is 1. The molecule has 0 spiro atoms. The number of anilines is 2. The lowest BCUT2D eigenvalue weighted by Crippen LogP contribution is -2.27. The van der Waals surface area contributed by atoms with E-state index in [0.29, 0.717) is 11.3 Å². The van der Waals surface area contributed by atoms with E-state index >= 15 is 0 Å². The third-order valence-corrected chi connectivity index (χ3v) is 7.09. The molecule has 2 heterocycles. The average molecular weight is 576 g/mol. The van der Waals surface area contributed by atoms with Gasteiger partial charge in [0.15, 0.2) is 5.82 Å². The van der Waals surface area contributed by atoms with Crippen LogP contribution >= 0.6 is 11.6 Å². The van der Waals surface area contributed by atoms with E-state index in [-0.39, 0.29) is 46.6 Å². The summed E-state index contributed by atoms with van der Waals surface area (Å²) in [5.41, 5.74) is 12.6. The molecule has 1 amide bonds. The zero-order valence-corrected chi connectivity index (χ0v) is 22.8. The standard InChI is InChI=1S/C29H27ClFN7O3/c1-16(20-13-21(30)26(31)23(14-20)38-11-9-25(33)36-29(38)41)2-3-17-4-5-19(15-34-27(39)18-6-7-18)22(12-17)37-10-8-24(32)35-28(37)40/h2-5,8-14,16,18H,6-7,15H2,1H3,(H,34,39)(H2,32,35,40)(H2,33,36,41)/b3-2+. The fourth-order valence-corrected chi connectivity index (χ4v) is 4.55. The molecule has 0 radical (unpaired) electrons. The lowest BCUT2D eigenvalue weighted by molar-refractivity contribution is -0.122. The molecular weight excluding hydrogens is 549 g/mol. The summed E-state index contributed by atoms with van der Waals surface area (Å²) < 4.78 is 17.3. The van der Waals surface area contributed by atoms with E-state index in [1.54, 1.807) is 6.20 Å². The van der Waals surface area contributed by atoms with Gasteiger partial charge in [0, 0.05) is 24.9 Å². The van der Waals surface area contributed by atoms with Crippen LogP contribution in [0.3, 0.4) is 0 Å². The summed E-state index contributed by atoms with van der Waals surface area (Å²) in [6.45, 7) is 2.14. The van der Waals surface area contributed by atoms with E-state index in [2.05, 4.69) is 15.3 Å². The second-order valence-corrected chi connectivity index (χ2v) is 10.3. The number of nitrogens with one attached hydrogen (secondary N) is 1. The van der Waals surface area contributed by atoms with E-state index in [4.69, 9.17) is 23.1 Å². The minimum Gasteiger partial charge on any atom is -0.383 e. The number of nitrogen functional groups attached to an aromatic ring is 2. The Kier molecular flexibility index (Phi) is 7.71. The summed E-state index contributed by atoms with van der Waals surface area (Å²) in [5, 5.41) is 2.79. The molecule has 5 rings (SSSR count). The van der Waals surface area contributed by atoms with Crippen molar-refractivity contribution in [1.82, 2.24) is 24.4 Å². The fraction of sp³-hybridized carbons (Fsp3) is 0.207. The van der Waals surface area contributed by atoms with Gasteiger partial charge in [0.25, 0.3) is 0 Å². The Labute approximate surface area is 239 Å². The van der Waals surface area contributed by atoms with Gasteiger partial charge in [-0.3, -0.25) is 13.9 Å². The predicted octanol–water partition coefficient (Wildman–Crippen LogP) is 3.58. The number of benzene rings is 2. The molecule has 1 fully saturated rings. The van der Waals surface area contributed by atoms with Crippen LogP contribution in [0.5, 0.6) is 0 Å². The van der Waals surface area contributed by atoms with Crippen molar-refractivity contribution < 1.29 is 9.18 Å². The van der Waals surface area contributed by atoms with Gasteiger partial charge >= 0.3 is 11.4 Å². The summed E-state index contributed by atoms with van der Waals surface area (Å²) in [6.07, 6.45) is 8.39. The van der Waals surface area contributed by atoms with Crippen LogP contribution in [-0.2, 0) is 11.3 Å². The Balaban J connectivity index is 1.46. The molecule has 1 saturated carbocycles. The Morgan fingerprint density at radius 2 is 1.68 bits per heavy atom. The zero-order valence-electron chi connectivity index (χ0n) is 22.1. The average Bonchev–Trinajstić information content (AvgIpc) is 3.78. The van der Waals surface area contributed by atoms with Crippen molar-refractivity contribution >= 4 is 35.2 Å². The van der Waals surface area contributed by atoms with Gasteiger partial charge in [-0.15, -0.1) is 0 Å². The van der Waals surface area contributed by atoms with Gasteiger partial charge in [0.1, 0.15) is 11.6 Å². The van der Waals surface area contributed by atoms with Crippen LogP contribution < -0.4 is 28.2 Å². The molecule has 0 bridgehead atoms. The number of halogens is 2. The monoisotopic (exact) mass is 575 g/mol. The highest BCUT2D eigenvalue weighted by Gasteiger charge is 2.29. The number of nitrogens with two attached hydrogens (primary N) is 2. The van der Waals surface area contributed by atoms with E-state index in [9.17, 15) is 18.8 Å². The van der Waals surface area contributed by atoms with Crippen molar-refractivity contribution in [3.8, 4) is 11.4 Å².